The van der Waals surface area contributed by atoms with Gasteiger partial charge in [0.1, 0.15) is 11.6 Å². The zero-order chi connectivity index (χ0) is 11.7. The molecule has 1 atom stereocenters. The molecular formula is C12H14FN3. The maximum Gasteiger partial charge on any atom is 0.147 e. The molecule has 0 unspecified atom stereocenters. The second kappa shape index (κ2) is 4.06. The van der Waals surface area contributed by atoms with Crippen LogP contribution in [0.2, 0.25) is 0 Å². The van der Waals surface area contributed by atoms with E-state index in [1.165, 1.54) is 6.07 Å². The van der Waals surface area contributed by atoms with Crippen molar-refractivity contribution in [2.45, 2.75) is 19.9 Å². The number of nitrogens with zero attached hydrogens (tertiary/aromatic N) is 2. The van der Waals surface area contributed by atoms with Gasteiger partial charge in [0.2, 0.25) is 0 Å². The molecule has 1 aromatic carbocycles. The van der Waals surface area contributed by atoms with Gasteiger partial charge in [-0.05, 0) is 25.5 Å². The molecule has 0 aliphatic carbocycles. The summed E-state index contributed by atoms with van der Waals surface area (Å²) in [6.45, 7) is 3.67. The van der Waals surface area contributed by atoms with Crippen molar-refractivity contribution in [1.82, 2.24) is 9.55 Å². The highest BCUT2D eigenvalue weighted by Gasteiger charge is 2.14. The van der Waals surface area contributed by atoms with E-state index in [0.717, 1.165) is 11.4 Å². The minimum absolute atomic E-state index is 0.215. The van der Waals surface area contributed by atoms with Crippen molar-refractivity contribution in [3.63, 3.8) is 0 Å². The Morgan fingerprint density at radius 2 is 2.19 bits per heavy atom. The van der Waals surface area contributed by atoms with Crippen LogP contribution in [-0.4, -0.2) is 9.55 Å². The third-order valence-corrected chi connectivity index (χ3v) is 2.58. The number of hydrogen-bond donors (Lipinski definition) is 1. The molecule has 0 saturated carbocycles. The molecule has 2 rings (SSSR count). The van der Waals surface area contributed by atoms with Crippen LogP contribution in [0.3, 0.4) is 0 Å². The number of imidazole rings is 1. The maximum atomic E-state index is 13.8. The lowest BCUT2D eigenvalue weighted by Gasteiger charge is -2.15. The largest absolute Gasteiger partial charge is 0.324 e. The van der Waals surface area contributed by atoms with E-state index in [0.29, 0.717) is 5.69 Å². The fourth-order valence-electron chi connectivity index (χ4n) is 1.77. The number of benzene rings is 1. The van der Waals surface area contributed by atoms with Crippen molar-refractivity contribution >= 4 is 0 Å². The number of aryl methyl sites for hydroxylation is 1. The molecule has 2 aromatic rings. The van der Waals surface area contributed by atoms with Crippen molar-refractivity contribution in [3.8, 4) is 5.69 Å². The Labute approximate surface area is 93.7 Å². The highest BCUT2D eigenvalue weighted by molar-refractivity contribution is 5.44. The molecule has 1 aromatic heterocycles. The van der Waals surface area contributed by atoms with E-state index in [9.17, 15) is 4.39 Å². The molecule has 0 aliphatic heterocycles. The molecular weight excluding hydrogens is 205 g/mol. The van der Waals surface area contributed by atoms with Crippen molar-refractivity contribution in [1.29, 1.82) is 0 Å². The predicted molar refractivity (Wildman–Crippen MR) is 60.9 cm³/mol. The van der Waals surface area contributed by atoms with Crippen LogP contribution in [-0.2, 0) is 0 Å². The summed E-state index contributed by atoms with van der Waals surface area (Å²) in [6, 6.07) is 4.72. The molecule has 0 saturated heterocycles. The summed E-state index contributed by atoms with van der Waals surface area (Å²) in [5, 5.41) is 0. The first-order valence-corrected chi connectivity index (χ1v) is 5.15. The number of halogens is 1. The van der Waals surface area contributed by atoms with Gasteiger partial charge in [0, 0.05) is 18.4 Å². The van der Waals surface area contributed by atoms with Crippen LogP contribution in [0.4, 0.5) is 4.39 Å². The fourth-order valence-corrected chi connectivity index (χ4v) is 1.77. The van der Waals surface area contributed by atoms with Gasteiger partial charge in [-0.3, -0.25) is 0 Å². The molecule has 0 radical (unpaired) electrons. The average molecular weight is 219 g/mol. The Balaban J connectivity index is 2.68. The molecule has 4 heteroatoms. The van der Waals surface area contributed by atoms with Gasteiger partial charge in [-0.1, -0.05) is 12.1 Å². The summed E-state index contributed by atoms with van der Waals surface area (Å²) in [6.07, 6.45) is 3.38. The zero-order valence-electron chi connectivity index (χ0n) is 9.31. The van der Waals surface area contributed by atoms with Gasteiger partial charge in [-0.15, -0.1) is 0 Å². The van der Waals surface area contributed by atoms with E-state index >= 15 is 0 Å². The molecule has 84 valence electrons. The van der Waals surface area contributed by atoms with Gasteiger partial charge < -0.3 is 10.3 Å². The van der Waals surface area contributed by atoms with E-state index in [4.69, 9.17) is 5.73 Å². The van der Waals surface area contributed by atoms with E-state index in [-0.39, 0.29) is 11.9 Å². The molecule has 0 fully saturated rings. The molecule has 2 N–H and O–H groups in total. The van der Waals surface area contributed by atoms with E-state index < -0.39 is 0 Å². The summed E-state index contributed by atoms with van der Waals surface area (Å²) in [5.74, 6) is 0.461. The number of aromatic nitrogens is 2. The quantitative estimate of drug-likeness (QED) is 0.842. The van der Waals surface area contributed by atoms with Gasteiger partial charge in [-0.25, -0.2) is 9.37 Å². The summed E-state index contributed by atoms with van der Waals surface area (Å²) in [5.41, 5.74) is 7.11. The highest BCUT2D eigenvalue weighted by atomic mass is 19.1. The third-order valence-electron chi connectivity index (χ3n) is 2.58. The first-order chi connectivity index (χ1) is 7.61. The van der Waals surface area contributed by atoms with E-state index in [1.807, 2.05) is 19.9 Å². The summed E-state index contributed by atoms with van der Waals surface area (Å²) in [4.78, 5) is 4.09. The molecule has 1 heterocycles. The van der Waals surface area contributed by atoms with Crippen LogP contribution in [0.5, 0.6) is 0 Å². The number of hydrogen-bond acceptors (Lipinski definition) is 2. The second-order valence-corrected chi connectivity index (χ2v) is 3.81. The highest BCUT2D eigenvalue weighted by Crippen LogP contribution is 2.24. The van der Waals surface area contributed by atoms with Crippen LogP contribution in [0.15, 0.2) is 30.6 Å². The molecule has 0 bridgehead atoms. The van der Waals surface area contributed by atoms with Gasteiger partial charge in [-0.2, -0.15) is 0 Å². The van der Waals surface area contributed by atoms with Gasteiger partial charge in [0.25, 0.3) is 0 Å². The third kappa shape index (κ3) is 1.72. The molecule has 0 amide bonds. The number of para-hydroxylation sites is 1. The Morgan fingerprint density at radius 1 is 1.44 bits per heavy atom. The van der Waals surface area contributed by atoms with Gasteiger partial charge >= 0.3 is 0 Å². The molecule has 0 spiro atoms. The monoisotopic (exact) mass is 219 g/mol. The van der Waals surface area contributed by atoms with Crippen molar-refractivity contribution in [2.75, 3.05) is 0 Å². The number of nitrogens with two attached hydrogens (primary N) is 1. The van der Waals surface area contributed by atoms with Crippen molar-refractivity contribution < 1.29 is 4.39 Å². The van der Waals surface area contributed by atoms with Crippen LogP contribution < -0.4 is 5.73 Å². The molecule has 0 aliphatic rings. The maximum absolute atomic E-state index is 13.8. The minimum atomic E-state index is -0.282. The van der Waals surface area contributed by atoms with Gasteiger partial charge in [0.15, 0.2) is 0 Å². The first kappa shape index (κ1) is 10.8. The van der Waals surface area contributed by atoms with Crippen molar-refractivity contribution in [2.24, 2.45) is 5.73 Å². The van der Waals surface area contributed by atoms with Crippen LogP contribution in [0.1, 0.15) is 24.4 Å². The summed E-state index contributed by atoms with van der Waals surface area (Å²) in [7, 11) is 0. The minimum Gasteiger partial charge on any atom is -0.324 e. The second-order valence-electron chi connectivity index (χ2n) is 3.81. The summed E-state index contributed by atoms with van der Waals surface area (Å²) < 4.78 is 15.6. The first-order valence-electron chi connectivity index (χ1n) is 5.15. The van der Waals surface area contributed by atoms with Crippen LogP contribution in [0.25, 0.3) is 5.69 Å². The lowest BCUT2D eigenvalue weighted by molar-refractivity contribution is 0.609. The Kier molecular flexibility index (Phi) is 2.75. The normalized spacial score (nSPS) is 12.8. The lowest BCUT2D eigenvalue weighted by atomic mass is 10.1. The molecule has 3 nitrogen and oxygen atoms in total. The standard InChI is InChI=1S/C12H14FN3/c1-8(14)10-4-3-5-11(13)12(10)16-7-6-15-9(16)2/h3-8H,14H2,1-2H3/t8-/m1/s1. The molecule has 16 heavy (non-hydrogen) atoms. The SMILES string of the molecule is Cc1nccn1-c1c(F)cccc1[C@@H](C)N. The average Bonchev–Trinajstić information content (AvgIpc) is 2.64. The lowest BCUT2D eigenvalue weighted by Crippen LogP contribution is -2.11. The Bertz CT molecular complexity index is 503. The van der Waals surface area contributed by atoms with E-state index in [1.54, 1.807) is 23.0 Å². The number of rotatable bonds is 2. The Hall–Kier alpha value is -1.68. The Morgan fingerprint density at radius 3 is 2.75 bits per heavy atom. The van der Waals surface area contributed by atoms with Crippen molar-refractivity contribution in [3.05, 3.63) is 47.8 Å². The van der Waals surface area contributed by atoms with Crippen LogP contribution >= 0.6 is 0 Å². The fraction of sp³-hybridized carbons (Fsp3) is 0.250. The van der Waals surface area contributed by atoms with Crippen LogP contribution in [0, 0.1) is 12.7 Å². The topological polar surface area (TPSA) is 43.8 Å². The zero-order valence-corrected chi connectivity index (χ0v) is 9.31. The van der Waals surface area contributed by atoms with E-state index in [2.05, 4.69) is 4.98 Å². The smallest absolute Gasteiger partial charge is 0.147 e. The van der Waals surface area contributed by atoms with Gasteiger partial charge in [0.05, 0.1) is 5.69 Å². The predicted octanol–water partition coefficient (Wildman–Crippen LogP) is 2.34. The summed E-state index contributed by atoms with van der Waals surface area (Å²) >= 11 is 0.